The number of nitrogens with zero attached hydrogens (tertiary/aromatic N) is 4. The van der Waals surface area contributed by atoms with Gasteiger partial charge in [-0.1, -0.05) is 35.9 Å². The van der Waals surface area contributed by atoms with Gasteiger partial charge in [0, 0.05) is 31.2 Å². The van der Waals surface area contributed by atoms with Crippen molar-refractivity contribution in [2.75, 3.05) is 30.6 Å². The highest BCUT2D eigenvalue weighted by Gasteiger charge is 2.44. The van der Waals surface area contributed by atoms with Crippen LogP contribution in [-0.4, -0.2) is 71.6 Å². The van der Waals surface area contributed by atoms with E-state index in [0.29, 0.717) is 44.1 Å². The summed E-state index contributed by atoms with van der Waals surface area (Å²) in [5.41, 5.74) is 2.51. The molecule has 1 amide bonds. The molecule has 7 rings (SSSR count). The lowest BCUT2D eigenvalue weighted by Gasteiger charge is -2.45. The van der Waals surface area contributed by atoms with Gasteiger partial charge in [-0.15, -0.1) is 0 Å². The molecule has 48 heavy (non-hydrogen) atoms. The first-order chi connectivity index (χ1) is 22.9. The largest absolute Gasteiger partial charge is 0.338 e. The normalized spacial score (nSPS) is 22.7. The van der Waals surface area contributed by atoms with Crippen molar-refractivity contribution in [1.29, 1.82) is 0 Å². The van der Waals surface area contributed by atoms with Crippen LogP contribution in [0, 0.1) is 18.6 Å². The first-order valence-electron chi connectivity index (χ1n) is 16.6. The molecule has 3 aliphatic rings. The summed E-state index contributed by atoms with van der Waals surface area (Å²) >= 11 is 6.07. The van der Waals surface area contributed by atoms with Crippen LogP contribution in [0.15, 0.2) is 60.7 Å². The molecule has 1 aromatic heterocycles. The van der Waals surface area contributed by atoms with Crippen LogP contribution in [0.5, 0.6) is 0 Å². The van der Waals surface area contributed by atoms with Crippen molar-refractivity contribution >= 4 is 44.3 Å². The summed E-state index contributed by atoms with van der Waals surface area (Å²) in [7, 11) is -3.69. The molecule has 3 fully saturated rings. The lowest BCUT2D eigenvalue weighted by atomic mass is 9.70. The topological polar surface area (TPSA) is 87.5 Å². The highest BCUT2D eigenvalue weighted by atomic mass is 35.5. The lowest BCUT2D eigenvalue weighted by molar-refractivity contribution is 0.0602. The third kappa shape index (κ3) is 6.32. The number of fused-ring (bicyclic) bond motifs is 3. The van der Waals surface area contributed by atoms with Gasteiger partial charge in [0.15, 0.2) is 0 Å². The fraction of sp³-hybridized carbons (Fsp3) is 0.444. The molecule has 4 heterocycles. The Bertz CT molecular complexity index is 1960. The molecule has 8 nitrogen and oxygen atoms in total. The number of hydrogen-bond donors (Lipinski definition) is 1. The maximum Gasteiger partial charge on any atom is 0.256 e. The van der Waals surface area contributed by atoms with Crippen molar-refractivity contribution in [2.45, 2.75) is 75.4 Å². The van der Waals surface area contributed by atoms with Gasteiger partial charge in [0.05, 0.1) is 33.6 Å². The quantitative estimate of drug-likeness (QED) is 0.213. The monoisotopic (exact) mass is 695 g/mol. The van der Waals surface area contributed by atoms with Crippen molar-refractivity contribution in [3.63, 3.8) is 0 Å². The van der Waals surface area contributed by atoms with Crippen molar-refractivity contribution < 1.29 is 22.0 Å². The number of benzene rings is 3. The summed E-state index contributed by atoms with van der Waals surface area (Å²) in [4.78, 5) is 22.7. The van der Waals surface area contributed by atoms with Crippen LogP contribution in [-0.2, 0) is 15.4 Å². The van der Waals surface area contributed by atoms with Gasteiger partial charge >= 0.3 is 0 Å². The molecule has 1 N–H and O–H groups in total. The summed E-state index contributed by atoms with van der Waals surface area (Å²) in [6.07, 6.45) is 7.42. The average Bonchev–Trinajstić information content (AvgIpc) is 3.50. The molecule has 0 unspecified atom stereocenters. The Hall–Kier alpha value is -3.54. The summed E-state index contributed by atoms with van der Waals surface area (Å²) in [5.74, 6) is -0.579. The van der Waals surface area contributed by atoms with E-state index in [-0.39, 0.29) is 27.5 Å². The zero-order chi connectivity index (χ0) is 33.8. The van der Waals surface area contributed by atoms with Crippen LogP contribution in [0.4, 0.5) is 14.5 Å². The number of anilines is 1. The number of hydrogen-bond acceptors (Lipinski definition) is 5. The summed E-state index contributed by atoms with van der Waals surface area (Å²) in [6, 6.07) is 18.6. The van der Waals surface area contributed by atoms with Gasteiger partial charge in [0.2, 0.25) is 10.0 Å². The Labute approximate surface area is 285 Å². The third-order valence-electron chi connectivity index (χ3n) is 10.9. The van der Waals surface area contributed by atoms with Crippen LogP contribution in [0.25, 0.3) is 11.0 Å². The number of aryl methyl sites for hydroxylation is 1. The number of carbonyl (C=O) groups is 1. The molecular weight excluding hydrogens is 656 g/mol. The van der Waals surface area contributed by atoms with Gasteiger partial charge in [-0.05, 0) is 106 Å². The Morgan fingerprint density at radius 2 is 1.71 bits per heavy atom. The van der Waals surface area contributed by atoms with E-state index in [9.17, 15) is 22.0 Å². The van der Waals surface area contributed by atoms with Gasteiger partial charge in [0.25, 0.3) is 5.91 Å². The molecule has 254 valence electrons. The van der Waals surface area contributed by atoms with E-state index in [4.69, 9.17) is 16.6 Å². The maximum atomic E-state index is 15.0. The SMILES string of the molecule is Cc1nc2ccccc2n1[C@H]1C[C@H]2CC[C@@H](C1)N2CCC1(c2cccc(F)c2)CCN(C(=O)c2cc(NS(C)(=O)=O)c(Cl)cc2F)CC1. The minimum Gasteiger partial charge on any atom is -0.338 e. The predicted molar refractivity (Wildman–Crippen MR) is 184 cm³/mol. The number of piperidine rings is 2. The molecule has 0 radical (unpaired) electrons. The minimum absolute atomic E-state index is 0.0511. The minimum atomic E-state index is -3.69. The Kier molecular flexibility index (Phi) is 8.75. The van der Waals surface area contributed by atoms with Crippen molar-refractivity contribution in [2.24, 2.45) is 0 Å². The van der Waals surface area contributed by atoms with Crippen LogP contribution >= 0.6 is 11.6 Å². The van der Waals surface area contributed by atoms with Gasteiger partial charge < -0.3 is 9.47 Å². The number of rotatable bonds is 8. The molecule has 0 spiro atoms. The van der Waals surface area contributed by atoms with Crippen LogP contribution in [0.3, 0.4) is 0 Å². The van der Waals surface area contributed by atoms with Crippen molar-refractivity contribution in [3.8, 4) is 0 Å². The Morgan fingerprint density at radius 3 is 2.40 bits per heavy atom. The average molecular weight is 696 g/mol. The fourth-order valence-electron chi connectivity index (χ4n) is 8.59. The molecule has 3 saturated heterocycles. The lowest BCUT2D eigenvalue weighted by Crippen LogP contribution is -2.49. The Morgan fingerprint density at radius 1 is 1.00 bits per heavy atom. The van der Waals surface area contributed by atoms with E-state index in [2.05, 4.69) is 39.3 Å². The third-order valence-corrected chi connectivity index (χ3v) is 11.8. The van der Waals surface area contributed by atoms with Crippen molar-refractivity contribution in [3.05, 3.63) is 94.3 Å². The molecule has 3 atom stereocenters. The number of carbonyl (C=O) groups excluding carboxylic acids is 1. The predicted octanol–water partition coefficient (Wildman–Crippen LogP) is 7.08. The molecule has 12 heteroatoms. The van der Waals surface area contributed by atoms with E-state index in [0.717, 1.165) is 73.9 Å². The summed E-state index contributed by atoms with van der Waals surface area (Å²) < 4.78 is 57.9. The Balaban J connectivity index is 1.08. The van der Waals surface area contributed by atoms with E-state index in [1.165, 1.54) is 11.6 Å². The first kappa shape index (κ1) is 33.0. The van der Waals surface area contributed by atoms with Crippen LogP contribution in [0.1, 0.15) is 72.7 Å². The number of halogens is 3. The number of para-hydroxylation sites is 2. The second-order valence-electron chi connectivity index (χ2n) is 13.8. The zero-order valence-electron chi connectivity index (χ0n) is 27.1. The highest BCUT2D eigenvalue weighted by molar-refractivity contribution is 7.92. The van der Waals surface area contributed by atoms with E-state index in [1.54, 1.807) is 17.0 Å². The molecule has 3 aromatic carbocycles. The number of aromatic nitrogens is 2. The van der Waals surface area contributed by atoms with Gasteiger partial charge in [-0.3, -0.25) is 14.4 Å². The second-order valence-corrected chi connectivity index (χ2v) is 15.9. The van der Waals surface area contributed by atoms with Crippen LogP contribution < -0.4 is 4.72 Å². The standard InChI is InChI=1S/C36H40ClF2N5O3S/c1-23-40-32-8-3-4-9-34(32)44(23)28-19-26-10-11-27(20-28)43(26)17-14-36(24-6-5-7-25(38)18-24)12-15-42(16-13-36)35(45)29-21-33(41-48(2,46)47)30(37)22-31(29)39/h3-9,18,21-22,26-28,41H,10-17,19-20H2,1-2H3/t26-,27+,28+. The molecule has 2 bridgehead atoms. The second kappa shape index (κ2) is 12.7. The smallest absolute Gasteiger partial charge is 0.256 e. The van der Waals surface area contributed by atoms with E-state index >= 15 is 0 Å². The summed E-state index contributed by atoms with van der Waals surface area (Å²) in [6.45, 7) is 3.69. The number of nitrogens with one attached hydrogen (secondary N) is 1. The number of imidazole rings is 1. The molecule has 0 saturated carbocycles. The van der Waals surface area contributed by atoms with Gasteiger partial charge in [-0.2, -0.15) is 0 Å². The fourth-order valence-corrected chi connectivity index (χ4v) is 9.41. The van der Waals surface area contributed by atoms with E-state index < -0.39 is 21.7 Å². The van der Waals surface area contributed by atoms with E-state index in [1.807, 2.05) is 12.1 Å². The maximum absolute atomic E-state index is 15.0. The number of sulfonamides is 1. The molecule has 3 aliphatic heterocycles. The molecule has 0 aliphatic carbocycles. The molecule has 4 aromatic rings. The first-order valence-corrected chi connectivity index (χ1v) is 18.9. The number of amides is 1. The molecular formula is C36H40ClF2N5O3S. The number of likely N-dealkylation sites (tertiary alicyclic amines) is 1. The van der Waals surface area contributed by atoms with Crippen LogP contribution in [0.2, 0.25) is 5.02 Å². The summed E-state index contributed by atoms with van der Waals surface area (Å²) in [5, 5.41) is -0.134. The zero-order valence-corrected chi connectivity index (χ0v) is 28.7. The van der Waals surface area contributed by atoms with Crippen molar-refractivity contribution in [1.82, 2.24) is 19.4 Å². The van der Waals surface area contributed by atoms with Gasteiger partial charge in [0.1, 0.15) is 17.5 Å². The van der Waals surface area contributed by atoms with Gasteiger partial charge in [-0.25, -0.2) is 22.2 Å². The highest BCUT2D eigenvalue weighted by Crippen LogP contribution is 2.45.